The first-order valence-corrected chi connectivity index (χ1v) is 15.8. The Kier molecular flexibility index (Phi) is 13.0. The van der Waals surface area contributed by atoms with Gasteiger partial charge in [0, 0.05) is 11.8 Å². The first-order valence-electron chi connectivity index (χ1n) is 13.6. The highest BCUT2D eigenvalue weighted by molar-refractivity contribution is 6.90. The average molecular weight is 459 g/mol. The third-order valence-corrected chi connectivity index (χ3v) is 16.5. The molecule has 0 amide bonds. The molecule has 0 spiro atoms. The van der Waals surface area contributed by atoms with Gasteiger partial charge in [0.15, 0.2) is 0 Å². The van der Waals surface area contributed by atoms with Crippen molar-refractivity contribution >= 4 is 8.07 Å². The largest absolute Gasteiger partial charge is 0.145 e. The summed E-state index contributed by atoms with van der Waals surface area (Å²) in [5.41, 5.74) is 6.07. The second-order valence-corrected chi connectivity index (χ2v) is 18.0. The van der Waals surface area contributed by atoms with E-state index in [0.29, 0.717) is 69.9 Å². The Morgan fingerprint density at radius 3 is 1.00 bits per heavy atom. The molecule has 0 fully saturated rings. The molecule has 0 N–H and O–H groups in total. The molecule has 0 rings (SSSR count). The van der Waals surface area contributed by atoms with Gasteiger partial charge in [-0.1, -0.05) is 104 Å². The molecule has 0 aromatic heterocycles. The summed E-state index contributed by atoms with van der Waals surface area (Å²) in [5.74, 6) is 12.0. The topological polar surface area (TPSA) is 0 Å². The summed E-state index contributed by atoms with van der Waals surface area (Å²) < 4.78 is 0. The molecule has 0 unspecified atom stereocenters. The van der Waals surface area contributed by atoms with E-state index in [-0.39, 0.29) is 0 Å². The van der Waals surface area contributed by atoms with Gasteiger partial charge in [-0.3, -0.25) is 0 Å². The second-order valence-electron chi connectivity index (χ2n) is 12.4. The van der Waals surface area contributed by atoms with Crippen LogP contribution in [0.15, 0.2) is 0 Å². The lowest BCUT2D eigenvalue weighted by Gasteiger charge is -2.40. The second kappa shape index (κ2) is 13.3. The third kappa shape index (κ3) is 7.17. The first kappa shape index (κ1) is 31.3. The zero-order chi connectivity index (χ0) is 25.5. The highest BCUT2D eigenvalue weighted by Gasteiger charge is 2.42. The molecule has 0 saturated carbocycles. The molecule has 186 valence electrons. The average Bonchev–Trinajstić information content (AvgIpc) is 2.74. The van der Waals surface area contributed by atoms with Crippen molar-refractivity contribution in [3.05, 3.63) is 0 Å². The molecule has 1 heteroatoms. The minimum absolute atomic E-state index is 0.342. The van der Waals surface area contributed by atoms with Gasteiger partial charge in [0.1, 0.15) is 8.07 Å². The van der Waals surface area contributed by atoms with Crippen LogP contribution in [0.4, 0.5) is 0 Å². The van der Waals surface area contributed by atoms with E-state index < -0.39 is 8.07 Å². The third-order valence-electron chi connectivity index (χ3n) is 10.2. The van der Waals surface area contributed by atoms with Crippen molar-refractivity contribution in [2.75, 3.05) is 0 Å². The van der Waals surface area contributed by atoms with Gasteiger partial charge < -0.3 is 0 Å². The number of rotatable bonds is 11. The molecule has 32 heavy (non-hydrogen) atoms. The maximum absolute atomic E-state index is 5.72. The molecule has 0 saturated heterocycles. The van der Waals surface area contributed by atoms with Crippen molar-refractivity contribution in [1.29, 1.82) is 0 Å². The van der Waals surface area contributed by atoms with Gasteiger partial charge in [0.05, 0.1) is 0 Å². The van der Waals surface area contributed by atoms with Gasteiger partial charge in [-0.15, -0.1) is 23.8 Å². The van der Waals surface area contributed by atoms with Crippen LogP contribution in [0.2, 0.25) is 16.6 Å². The molecule has 0 aliphatic heterocycles. The molecular weight excluding hydrogens is 400 g/mol. The molecule has 0 radical (unpaired) electrons. The standard InChI is InChI=1S/C31H58Si/c1-17-23(8)25(10)27(12)29(14)31(16)30(15)28(13)26(11)24(9)18-19-32(20(2)3,21(4)5)22(6)7/h1,20-31H,2-16H3/t23-,24+,25+,26-,27-,28+,29+,30-,31-/m0/s1. The van der Waals surface area contributed by atoms with Crippen LogP contribution in [0, 0.1) is 77.1 Å². The maximum atomic E-state index is 5.72. The van der Waals surface area contributed by atoms with E-state index in [0.717, 1.165) is 0 Å². The highest BCUT2D eigenvalue weighted by Crippen LogP contribution is 2.42. The number of hydrogen-bond acceptors (Lipinski definition) is 0. The minimum Gasteiger partial charge on any atom is -0.130 e. The van der Waals surface area contributed by atoms with Crippen LogP contribution in [0.1, 0.15) is 104 Å². The number of hydrogen-bond donors (Lipinski definition) is 0. The number of terminal acetylenes is 1. The fraction of sp³-hybridized carbons (Fsp3) is 0.871. The molecule has 0 aromatic rings. The molecule has 0 heterocycles. The van der Waals surface area contributed by atoms with Crippen molar-refractivity contribution in [3.8, 4) is 23.8 Å². The van der Waals surface area contributed by atoms with Gasteiger partial charge in [-0.25, -0.2) is 0 Å². The van der Waals surface area contributed by atoms with E-state index >= 15 is 0 Å². The van der Waals surface area contributed by atoms with Crippen LogP contribution >= 0.6 is 0 Å². The van der Waals surface area contributed by atoms with E-state index in [9.17, 15) is 0 Å². The van der Waals surface area contributed by atoms with Crippen molar-refractivity contribution in [3.63, 3.8) is 0 Å². The van der Waals surface area contributed by atoms with Crippen LogP contribution in [0.3, 0.4) is 0 Å². The van der Waals surface area contributed by atoms with Crippen molar-refractivity contribution in [2.45, 2.75) is 120 Å². The van der Waals surface area contributed by atoms with Crippen molar-refractivity contribution in [2.24, 2.45) is 53.3 Å². The summed E-state index contributed by atoms with van der Waals surface area (Å²) in [6.45, 7) is 36.0. The summed E-state index contributed by atoms with van der Waals surface area (Å²) >= 11 is 0. The summed E-state index contributed by atoms with van der Waals surface area (Å²) in [6.07, 6.45) is 5.72. The fourth-order valence-electron chi connectivity index (χ4n) is 6.26. The van der Waals surface area contributed by atoms with Gasteiger partial charge in [0.2, 0.25) is 0 Å². The maximum Gasteiger partial charge on any atom is 0.145 e. The zero-order valence-electron chi connectivity index (χ0n) is 24.5. The van der Waals surface area contributed by atoms with E-state index in [1.54, 1.807) is 0 Å². The zero-order valence-corrected chi connectivity index (χ0v) is 25.5. The smallest absolute Gasteiger partial charge is 0.130 e. The summed E-state index contributed by atoms with van der Waals surface area (Å²) in [6, 6.07) is 0. The normalized spacial score (nSPS) is 21.0. The molecule has 0 nitrogen and oxygen atoms in total. The Morgan fingerprint density at radius 1 is 0.438 bits per heavy atom. The van der Waals surface area contributed by atoms with E-state index in [4.69, 9.17) is 6.42 Å². The highest BCUT2D eigenvalue weighted by atomic mass is 28.3. The van der Waals surface area contributed by atoms with Crippen LogP contribution in [-0.2, 0) is 0 Å². The minimum atomic E-state index is -1.66. The summed E-state index contributed by atoms with van der Waals surface area (Å²) in [5, 5.41) is 0. The van der Waals surface area contributed by atoms with Crippen LogP contribution in [0.25, 0.3) is 0 Å². The predicted octanol–water partition coefficient (Wildman–Crippen LogP) is 9.57. The van der Waals surface area contributed by atoms with E-state index in [1.807, 2.05) is 0 Å². The Balaban J connectivity index is 5.54. The molecule has 0 aromatic carbocycles. The summed E-state index contributed by atoms with van der Waals surface area (Å²) in [4.78, 5) is 0. The Labute approximate surface area is 205 Å². The molecule has 0 aliphatic carbocycles. The quantitative estimate of drug-likeness (QED) is 0.213. The lowest BCUT2D eigenvalue weighted by atomic mass is 9.66. The van der Waals surface area contributed by atoms with Crippen molar-refractivity contribution in [1.82, 2.24) is 0 Å². The molecule has 9 atom stereocenters. The van der Waals surface area contributed by atoms with Gasteiger partial charge >= 0.3 is 0 Å². The van der Waals surface area contributed by atoms with Crippen LogP contribution < -0.4 is 0 Å². The van der Waals surface area contributed by atoms with E-state index in [2.05, 4.69) is 121 Å². The predicted molar refractivity (Wildman–Crippen MR) is 150 cm³/mol. The lowest BCUT2D eigenvalue weighted by Crippen LogP contribution is -2.43. The van der Waals surface area contributed by atoms with Gasteiger partial charge in [-0.05, 0) is 58.0 Å². The van der Waals surface area contributed by atoms with Crippen LogP contribution in [0.5, 0.6) is 0 Å². The fourth-order valence-corrected chi connectivity index (χ4v) is 11.6. The van der Waals surface area contributed by atoms with E-state index in [1.165, 1.54) is 0 Å². The van der Waals surface area contributed by atoms with Gasteiger partial charge in [0.25, 0.3) is 0 Å². The summed E-state index contributed by atoms with van der Waals surface area (Å²) in [7, 11) is -1.66. The Bertz CT molecular complexity index is 618. The first-order chi connectivity index (χ1) is 14.6. The Hall–Kier alpha value is -0.663. The van der Waals surface area contributed by atoms with Gasteiger partial charge in [-0.2, -0.15) is 0 Å². The molecule has 0 aliphatic rings. The Morgan fingerprint density at radius 2 is 0.719 bits per heavy atom. The molecule has 0 bridgehead atoms. The monoisotopic (exact) mass is 458 g/mol. The SMILES string of the molecule is C#C[C@H](C)[C@@H](C)[C@H](C)[C@@H](C)[C@H](C)[C@@H](C)[C@H](C)[C@@H](C)[C@H](C)C#C[Si](C(C)C)(C(C)C)C(C)C. The molecular formula is C31H58Si. The lowest BCUT2D eigenvalue weighted by molar-refractivity contribution is 0.103. The van der Waals surface area contributed by atoms with Crippen molar-refractivity contribution < 1.29 is 0 Å². The van der Waals surface area contributed by atoms with Crippen LogP contribution in [-0.4, -0.2) is 8.07 Å².